The van der Waals surface area contributed by atoms with Crippen molar-refractivity contribution in [2.24, 2.45) is 0 Å². The molecule has 1 amide bonds. The Balaban J connectivity index is 4.35. The van der Waals surface area contributed by atoms with E-state index in [2.05, 4.69) is 6.58 Å². The van der Waals surface area contributed by atoms with Gasteiger partial charge in [-0.3, -0.25) is 4.79 Å². The molecular formula is C20H34N2O3. The molecule has 0 saturated heterocycles. The van der Waals surface area contributed by atoms with Crippen molar-refractivity contribution in [1.82, 2.24) is 9.80 Å². The molecule has 0 bridgehead atoms. The fourth-order valence-corrected chi connectivity index (χ4v) is 2.74. The van der Waals surface area contributed by atoms with Gasteiger partial charge in [0.2, 0.25) is 0 Å². The zero-order chi connectivity index (χ0) is 19.1. The van der Waals surface area contributed by atoms with Crippen molar-refractivity contribution in [2.75, 3.05) is 20.1 Å². The van der Waals surface area contributed by atoms with E-state index in [4.69, 9.17) is 0 Å². The number of hydrogen-bond donors (Lipinski definition) is 0. The number of aldehydes is 2. The van der Waals surface area contributed by atoms with Crippen LogP contribution in [0.4, 0.5) is 0 Å². The first kappa shape index (κ1) is 23.1. The summed E-state index contributed by atoms with van der Waals surface area (Å²) in [6, 6.07) is 0. The minimum absolute atomic E-state index is 0.117. The van der Waals surface area contributed by atoms with E-state index in [-0.39, 0.29) is 12.5 Å². The highest BCUT2D eigenvalue weighted by molar-refractivity contribution is 5.94. The summed E-state index contributed by atoms with van der Waals surface area (Å²) in [5.41, 5.74) is 1.48. The molecule has 25 heavy (non-hydrogen) atoms. The third-order valence-electron chi connectivity index (χ3n) is 4.13. The van der Waals surface area contributed by atoms with Crippen molar-refractivity contribution in [3.63, 3.8) is 0 Å². The predicted molar refractivity (Wildman–Crippen MR) is 102 cm³/mol. The number of unbranched alkanes of at least 4 members (excludes halogenated alkanes) is 7. The third kappa shape index (κ3) is 9.85. The van der Waals surface area contributed by atoms with E-state index in [9.17, 15) is 14.4 Å². The van der Waals surface area contributed by atoms with Crippen molar-refractivity contribution in [3.8, 4) is 0 Å². The molecule has 0 aromatic rings. The standard InChI is InChI=1S/C20H34N2O3/c1-5-21(4)19(18(2)3)20(25)22(15-17-24)14-12-10-8-6-7-9-11-13-16-23/h5,16-17H,1,6-15H2,2-4H3. The van der Waals surface area contributed by atoms with Gasteiger partial charge in [-0.1, -0.05) is 38.7 Å². The van der Waals surface area contributed by atoms with Crippen LogP contribution in [-0.4, -0.2) is 48.4 Å². The van der Waals surface area contributed by atoms with Crippen LogP contribution in [0.2, 0.25) is 0 Å². The van der Waals surface area contributed by atoms with Crippen molar-refractivity contribution < 1.29 is 14.4 Å². The lowest BCUT2D eigenvalue weighted by Crippen LogP contribution is -2.38. The summed E-state index contributed by atoms with van der Waals surface area (Å²) >= 11 is 0. The Bertz CT molecular complexity index is 454. The minimum Gasteiger partial charge on any atom is -0.347 e. The topological polar surface area (TPSA) is 57.7 Å². The number of amides is 1. The van der Waals surface area contributed by atoms with Gasteiger partial charge in [0.15, 0.2) is 0 Å². The molecule has 0 heterocycles. The smallest absolute Gasteiger partial charge is 0.270 e. The molecule has 0 aliphatic carbocycles. The summed E-state index contributed by atoms with van der Waals surface area (Å²) in [4.78, 5) is 37.2. The van der Waals surface area contributed by atoms with Crippen LogP contribution in [0.15, 0.2) is 24.0 Å². The second kappa shape index (κ2) is 14.4. The van der Waals surface area contributed by atoms with E-state index < -0.39 is 0 Å². The summed E-state index contributed by atoms with van der Waals surface area (Å²) in [5.74, 6) is -0.122. The van der Waals surface area contributed by atoms with Crippen LogP contribution in [-0.2, 0) is 14.4 Å². The number of allylic oxidation sites excluding steroid dienone is 1. The van der Waals surface area contributed by atoms with Gasteiger partial charge < -0.3 is 19.4 Å². The second-order valence-electron chi connectivity index (χ2n) is 6.49. The van der Waals surface area contributed by atoms with E-state index in [1.54, 1.807) is 23.0 Å². The van der Waals surface area contributed by atoms with Crippen LogP contribution in [0, 0.1) is 0 Å². The van der Waals surface area contributed by atoms with Crippen molar-refractivity contribution in [1.29, 1.82) is 0 Å². The summed E-state index contributed by atoms with van der Waals surface area (Å²) in [7, 11) is 1.79. The fraction of sp³-hybridized carbons (Fsp3) is 0.650. The second-order valence-corrected chi connectivity index (χ2v) is 6.49. The molecular weight excluding hydrogens is 316 g/mol. The zero-order valence-electron chi connectivity index (χ0n) is 16.1. The van der Waals surface area contributed by atoms with Crippen molar-refractivity contribution >= 4 is 18.5 Å². The first-order valence-corrected chi connectivity index (χ1v) is 9.19. The van der Waals surface area contributed by atoms with Gasteiger partial charge in [-0.15, -0.1) is 0 Å². The van der Waals surface area contributed by atoms with E-state index in [1.165, 1.54) is 0 Å². The number of rotatable bonds is 15. The predicted octanol–water partition coefficient (Wildman–Crippen LogP) is 3.70. The Hall–Kier alpha value is -1.91. The van der Waals surface area contributed by atoms with Crippen LogP contribution in [0.25, 0.3) is 0 Å². The number of nitrogens with zero attached hydrogens (tertiary/aromatic N) is 2. The van der Waals surface area contributed by atoms with Crippen molar-refractivity contribution in [2.45, 2.75) is 65.2 Å². The maximum atomic E-state index is 12.7. The van der Waals surface area contributed by atoms with Crippen LogP contribution in [0.5, 0.6) is 0 Å². The van der Waals surface area contributed by atoms with Gasteiger partial charge in [-0.25, -0.2) is 0 Å². The Morgan fingerprint density at radius 1 is 0.920 bits per heavy atom. The summed E-state index contributed by atoms with van der Waals surface area (Å²) in [6.45, 7) is 8.18. The summed E-state index contributed by atoms with van der Waals surface area (Å²) < 4.78 is 0. The van der Waals surface area contributed by atoms with Gasteiger partial charge in [-0.2, -0.15) is 0 Å². The van der Waals surface area contributed by atoms with Gasteiger partial charge >= 0.3 is 0 Å². The zero-order valence-corrected chi connectivity index (χ0v) is 16.1. The van der Waals surface area contributed by atoms with Crippen molar-refractivity contribution in [3.05, 3.63) is 24.0 Å². The summed E-state index contributed by atoms with van der Waals surface area (Å²) in [5, 5.41) is 0. The third-order valence-corrected chi connectivity index (χ3v) is 4.13. The molecule has 0 aromatic carbocycles. The van der Waals surface area contributed by atoms with Gasteiger partial charge in [-0.05, 0) is 38.5 Å². The quantitative estimate of drug-likeness (QED) is 0.257. The molecule has 0 rings (SSSR count). The molecule has 0 saturated carbocycles. The van der Waals surface area contributed by atoms with Crippen LogP contribution >= 0.6 is 0 Å². The molecule has 0 aliphatic rings. The molecule has 0 N–H and O–H groups in total. The molecule has 142 valence electrons. The minimum atomic E-state index is -0.122. The normalized spacial score (nSPS) is 10.0. The van der Waals surface area contributed by atoms with Gasteiger partial charge in [0.25, 0.3) is 5.91 Å². The molecule has 0 atom stereocenters. The lowest BCUT2D eigenvalue weighted by Gasteiger charge is -2.26. The van der Waals surface area contributed by atoms with E-state index in [1.807, 2.05) is 13.8 Å². The van der Waals surface area contributed by atoms with Crippen LogP contribution in [0.3, 0.4) is 0 Å². The molecule has 5 heteroatoms. The lowest BCUT2D eigenvalue weighted by atomic mass is 10.1. The maximum absolute atomic E-state index is 12.7. The molecule has 0 unspecified atom stereocenters. The van der Waals surface area contributed by atoms with E-state index >= 15 is 0 Å². The van der Waals surface area contributed by atoms with E-state index in [0.29, 0.717) is 18.7 Å². The van der Waals surface area contributed by atoms with Gasteiger partial charge in [0.1, 0.15) is 18.3 Å². The SMILES string of the molecule is C=CN(C)C(C(=O)N(CC=O)CCCCCCCCCC=O)=C(C)C. The van der Waals surface area contributed by atoms with Crippen LogP contribution < -0.4 is 0 Å². The average molecular weight is 351 g/mol. The molecule has 5 nitrogen and oxygen atoms in total. The largest absolute Gasteiger partial charge is 0.347 e. The number of likely N-dealkylation sites (N-methyl/N-ethyl adjacent to an activating group) is 1. The molecule has 0 aromatic heterocycles. The molecule has 0 radical (unpaired) electrons. The van der Waals surface area contributed by atoms with Gasteiger partial charge in [0.05, 0.1) is 6.54 Å². The highest BCUT2D eigenvalue weighted by Gasteiger charge is 2.20. The number of hydrogen-bond acceptors (Lipinski definition) is 4. The van der Waals surface area contributed by atoms with Gasteiger partial charge in [0, 0.05) is 20.0 Å². The van der Waals surface area contributed by atoms with E-state index in [0.717, 1.165) is 63.1 Å². The van der Waals surface area contributed by atoms with Crippen LogP contribution in [0.1, 0.15) is 65.2 Å². The highest BCUT2D eigenvalue weighted by Crippen LogP contribution is 2.14. The maximum Gasteiger partial charge on any atom is 0.270 e. The monoisotopic (exact) mass is 350 g/mol. The number of carbonyl (C=O) groups excluding carboxylic acids is 3. The average Bonchev–Trinajstić information content (AvgIpc) is 2.58. The fourth-order valence-electron chi connectivity index (χ4n) is 2.74. The molecule has 0 spiro atoms. The summed E-state index contributed by atoms with van der Waals surface area (Å²) in [6.07, 6.45) is 11.4. The lowest BCUT2D eigenvalue weighted by molar-refractivity contribution is -0.130. The first-order valence-electron chi connectivity index (χ1n) is 9.19. The Kier molecular flexibility index (Phi) is 13.3. The molecule has 0 fully saturated rings. The first-order chi connectivity index (χ1) is 12.0. The number of carbonyl (C=O) groups is 3. The molecule has 0 aliphatic heterocycles. The Labute approximate surface area is 152 Å². The Morgan fingerprint density at radius 2 is 1.48 bits per heavy atom. The highest BCUT2D eigenvalue weighted by atomic mass is 16.2. The Morgan fingerprint density at radius 3 is 1.96 bits per heavy atom.